The van der Waals surface area contributed by atoms with Crippen LogP contribution in [0.15, 0.2) is 51.6 Å². The maximum absolute atomic E-state index is 12.6. The van der Waals surface area contributed by atoms with Gasteiger partial charge >= 0.3 is 5.97 Å². The van der Waals surface area contributed by atoms with Gasteiger partial charge in [-0.05, 0) is 48.8 Å². The fraction of sp³-hybridized carbons (Fsp3) is 0.381. The van der Waals surface area contributed by atoms with E-state index in [1.54, 1.807) is 19.1 Å². The second-order valence-electron chi connectivity index (χ2n) is 7.36. The molecule has 0 spiro atoms. The van der Waals surface area contributed by atoms with Crippen LogP contribution in [0.25, 0.3) is 0 Å². The van der Waals surface area contributed by atoms with Crippen molar-refractivity contribution >= 4 is 40.4 Å². The van der Waals surface area contributed by atoms with E-state index in [0.717, 1.165) is 23.0 Å². The molecule has 1 unspecified atom stereocenters. The van der Waals surface area contributed by atoms with Gasteiger partial charge in [0.2, 0.25) is 5.91 Å². The normalized spacial score (nSPS) is 20.8. The summed E-state index contributed by atoms with van der Waals surface area (Å²) in [5, 5.41) is 6.31. The summed E-state index contributed by atoms with van der Waals surface area (Å²) in [6.07, 6.45) is 2.61. The average Bonchev–Trinajstić information content (AvgIpc) is 3.46. The number of carbonyl (C=O) groups excluding carboxylic acids is 2. The van der Waals surface area contributed by atoms with Crippen LogP contribution in [0.3, 0.4) is 0 Å². The Labute approximate surface area is 179 Å². The predicted octanol–water partition coefficient (Wildman–Crippen LogP) is 4.00. The number of halogens is 1. The minimum Gasteiger partial charge on any atom is -0.466 e. The number of aliphatic imine (C=N–C) groups is 1. The van der Waals surface area contributed by atoms with E-state index < -0.39 is 12.0 Å². The molecule has 8 heteroatoms. The molecular formula is C21H22ClN3O3S. The Balaban J connectivity index is 1.65. The van der Waals surface area contributed by atoms with Gasteiger partial charge in [0.15, 0.2) is 5.17 Å². The average molecular weight is 432 g/mol. The summed E-state index contributed by atoms with van der Waals surface area (Å²) in [6.45, 7) is 2.54. The Morgan fingerprint density at radius 3 is 2.69 bits per heavy atom. The lowest BCUT2D eigenvalue weighted by atomic mass is 9.94. The SMILES string of the molecule is COC(=O)C1=C(C)N=C2SC=C(CC(=O)NCC3CC3)N2C1c1ccc(Cl)cc1. The monoisotopic (exact) mass is 431 g/mol. The molecule has 0 bridgehead atoms. The number of esters is 1. The summed E-state index contributed by atoms with van der Waals surface area (Å²) in [7, 11) is 1.36. The first-order valence-electron chi connectivity index (χ1n) is 9.52. The summed E-state index contributed by atoms with van der Waals surface area (Å²) >= 11 is 7.53. The van der Waals surface area contributed by atoms with Crippen molar-refractivity contribution in [2.75, 3.05) is 13.7 Å². The van der Waals surface area contributed by atoms with Crippen molar-refractivity contribution in [3.63, 3.8) is 0 Å². The molecule has 4 rings (SSSR count). The molecule has 1 fully saturated rings. The number of amidine groups is 1. The summed E-state index contributed by atoms with van der Waals surface area (Å²) in [4.78, 5) is 31.7. The molecule has 1 atom stereocenters. The molecule has 0 aromatic heterocycles. The number of allylic oxidation sites excluding steroid dienone is 1. The minimum atomic E-state index is -0.431. The molecule has 1 aliphatic carbocycles. The molecule has 0 saturated heterocycles. The van der Waals surface area contributed by atoms with E-state index in [-0.39, 0.29) is 12.3 Å². The third-order valence-electron chi connectivity index (χ3n) is 5.22. The second kappa shape index (κ2) is 8.24. The number of hydrogen-bond acceptors (Lipinski definition) is 6. The van der Waals surface area contributed by atoms with Crippen LogP contribution in [-0.2, 0) is 14.3 Å². The number of benzene rings is 1. The first-order chi connectivity index (χ1) is 14.0. The second-order valence-corrected chi connectivity index (χ2v) is 8.63. The Morgan fingerprint density at radius 1 is 1.31 bits per heavy atom. The summed E-state index contributed by atoms with van der Waals surface area (Å²) in [5.41, 5.74) is 2.78. The third kappa shape index (κ3) is 4.21. The smallest absolute Gasteiger partial charge is 0.338 e. The van der Waals surface area contributed by atoms with Crippen molar-refractivity contribution in [2.24, 2.45) is 10.9 Å². The maximum atomic E-state index is 12.6. The van der Waals surface area contributed by atoms with Gasteiger partial charge < -0.3 is 15.0 Å². The van der Waals surface area contributed by atoms with Gasteiger partial charge in [-0.2, -0.15) is 0 Å². The summed E-state index contributed by atoms with van der Waals surface area (Å²) in [6, 6.07) is 6.94. The number of carbonyl (C=O) groups is 2. The zero-order chi connectivity index (χ0) is 20.5. The van der Waals surface area contributed by atoms with Crippen LogP contribution in [0.2, 0.25) is 5.02 Å². The first kappa shape index (κ1) is 20.0. The van der Waals surface area contributed by atoms with E-state index in [4.69, 9.17) is 16.3 Å². The highest BCUT2D eigenvalue weighted by Gasteiger charge is 2.41. The molecule has 0 radical (unpaired) electrons. The van der Waals surface area contributed by atoms with Crippen molar-refractivity contribution in [3.05, 3.63) is 57.2 Å². The van der Waals surface area contributed by atoms with E-state index in [9.17, 15) is 9.59 Å². The first-order valence-corrected chi connectivity index (χ1v) is 10.8. The third-order valence-corrected chi connectivity index (χ3v) is 6.36. The Kier molecular flexibility index (Phi) is 5.69. The van der Waals surface area contributed by atoms with Crippen LogP contribution < -0.4 is 5.32 Å². The lowest BCUT2D eigenvalue weighted by molar-refractivity contribution is -0.136. The number of hydrogen-bond donors (Lipinski definition) is 1. The lowest BCUT2D eigenvalue weighted by Crippen LogP contribution is -2.38. The number of rotatable bonds is 6. The van der Waals surface area contributed by atoms with Gasteiger partial charge in [0.25, 0.3) is 0 Å². The number of nitrogens with zero attached hydrogens (tertiary/aromatic N) is 2. The summed E-state index contributed by atoms with van der Waals surface area (Å²) in [5.74, 6) is 0.168. The van der Waals surface area contributed by atoms with Gasteiger partial charge in [-0.15, -0.1) is 0 Å². The molecule has 6 nitrogen and oxygen atoms in total. The molecule has 2 aliphatic heterocycles. The van der Waals surface area contributed by atoms with E-state index in [1.165, 1.54) is 31.7 Å². The van der Waals surface area contributed by atoms with E-state index in [1.807, 2.05) is 22.4 Å². The standard InChI is InChI=1S/C21H22ClN3O3S/c1-12-18(20(27)28-2)19(14-5-7-15(22)8-6-14)25-16(11-29-21(25)24-12)9-17(26)23-10-13-3-4-13/h5-8,11,13,19H,3-4,9-10H2,1-2H3,(H,23,26). The number of ether oxygens (including phenoxy) is 1. The predicted molar refractivity (Wildman–Crippen MR) is 114 cm³/mol. The van der Waals surface area contributed by atoms with Crippen LogP contribution in [0, 0.1) is 5.92 Å². The summed E-state index contributed by atoms with van der Waals surface area (Å²) < 4.78 is 5.05. The number of fused-ring (bicyclic) bond motifs is 1. The number of amides is 1. The molecule has 1 saturated carbocycles. The van der Waals surface area contributed by atoms with Gasteiger partial charge in [0.05, 0.1) is 30.8 Å². The molecule has 152 valence electrons. The highest BCUT2D eigenvalue weighted by Crippen LogP contribution is 2.44. The molecule has 2 heterocycles. The molecule has 1 amide bonds. The van der Waals surface area contributed by atoms with Crippen LogP contribution in [-0.4, -0.2) is 35.6 Å². The van der Waals surface area contributed by atoms with Crippen LogP contribution in [0.4, 0.5) is 0 Å². The van der Waals surface area contributed by atoms with E-state index in [0.29, 0.717) is 22.2 Å². The number of nitrogens with one attached hydrogen (secondary N) is 1. The van der Waals surface area contributed by atoms with Gasteiger partial charge in [0.1, 0.15) is 0 Å². The van der Waals surface area contributed by atoms with Crippen molar-refractivity contribution in [1.82, 2.24) is 10.2 Å². The lowest BCUT2D eigenvalue weighted by Gasteiger charge is -2.36. The zero-order valence-electron chi connectivity index (χ0n) is 16.3. The van der Waals surface area contributed by atoms with Gasteiger partial charge in [0, 0.05) is 17.3 Å². The Bertz CT molecular complexity index is 935. The zero-order valence-corrected chi connectivity index (χ0v) is 17.8. The van der Waals surface area contributed by atoms with Crippen molar-refractivity contribution < 1.29 is 14.3 Å². The molecule has 29 heavy (non-hydrogen) atoms. The Hall–Kier alpha value is -2.25. The maximum Gasteiger partial charge on any atom is 0.338 e. The highest BCUT2D eigenvalue weighted by atomic mass is 35.5. The van der Waals surface area contributed by atoms with Crippen LogP contribution in [0.5, 0.6) is 0 Å². The molecule has 1 aromatic carbocycles. The molecule has 1 N–H and O–H groups in total. The topological polar surface area (TPSA) is 71.0 Å². The van der Waals surface area contributed by atoms with Crippen LogP contribution >= 0.6 is 23.4 Å². The van der Waals surface area contributed by atoms with E-state index in [2.05, 4.69) is 10.3 Å². The van der Waals surface area contributed by atoms with Crippen molar-refractivity contribution in [2.45, 2.75) is 32.2 Å². The number of thioether (sulfide) groups is 1. The largest absolute Gasteiger partial charge is 0.466 e. The molecule has 1 aromatic rings. The highest BCUT2D eigenvalue weighted by molar-refractivity contribution is 8.16. The van der Waals surface area contributed by atoms with Gasteiger partial charge in [-0.1, -0.05) is 35.5 Å². The van der Waals surface area contributed by atoms with Gasteiger partial charge in [-0.25, -0.2) is 9.79 Å². The van der Waals surface area contributed by atoms with Crippen LogP contribution in [0.1, 0.15) is 37.8 Å². The fourth-order valence-corrected chi connectivity index (χ4v) is 4.60. The molecular weight excluding hydrogens is 410 g/mol. The minimum absolute atomic E-state index is 0.0225. The van der Waals surface area contributed by atoms with E-state index >= 15 is 0 Å². The quantitative estimate of drug-likeness (QED) is 0.689. The fourth-order valence-electron chi connectivity index (χ4n) is 3.51. The van der Waals surface area contributed by atoms with Crippen molar-refractivity contribution in [1.29, 1.82) is 0 Å². The molecule has 3 aliphatic rings. The Morgan fingerprint density at radius 2 is 2.03 bits per heavy atom. The van der Waals surface area contributed by atoms with Gasteiger partial charge in [-0.3, -0.25) is 4.79 Å². The van der Waals surface area contributed by atoms with Crippen molar-refractivity contribution in [3.8, 4) is 0 Å². The number of methoxy groups -OCH3 is 1.